The van der Waals surface area contributed by atoms with Gasteiger partial charge >= 0.3 is 0 Å². The van der Waals surface area contributed by atoms with Crippen molar-refractivity contribution in [1.29, 1.82) is 5.26 Å². The Morgan fingerprint density at radius 3 is 2.38 bits per heavy atom. The van der Waals surface area contributed by atoms with Gasteiger partial charge in [0.2, 0.25) is 0 Å². The number of nitriles is 1. The van der Waals surface area contributed by atoms with E-state index in [2.05, 4.69) is 54.9 Å². The van der Waals surface area contributed by atoms with Gasteiger partial charge in [-0.3, -0.25) is 0 Å². The maximum Gasteiger partial charge on any atom is 0.146 e. The number of rotatable bonds is 4. The lowest BCUT2D eigenvalue weighted by molar-refractivity contribution is 0.476. The minimum absolute atomic E-state index is 0.159. The van der Waals surface area contributed by atoms with E-state index in [1.807, 2.05) is 24.3 Å². The zero-order valence-electron chi connectivity index (χ0n) is 12.5. The SMILES string of the molecule is CCC(C)(C)c1ccc(Oc2cc(Br)ccc2C#N)cc1. The molecule has 2 aromatic rings. The summed E-state index contributed by atoms with van der Waals surface area (Å²) in [6.45, 7) is 6.64. The molecule has 0 unspecified atom stereocenters. The summed E-state index contributed by atoms with van der Waals surface area (Å²) in [5.41, 5.74) is 1.97. The summed E-state index contributed by atoms with van der Waals surface area (Å²) in [6, 6.07) is 15.6. The van der Waals surface area contributed by atoms with Gasteiger partial charge in [-0.05, 0) is 47.7 Å². The largest absolute Gasteiger partial charge is 0.456 e. The van der Waals surface area contributed by atoms with Crippen LogP contribution in [-0.2, 0) is 5.41 Å². The lowest BCUT2D eigenvalue weighted by Gasteiger charge is -2.23. The van der Waals surface area contributed by atoms with E-state index in [1.54, 1.807) is 6.07 Å². The molecule has 0 bridgehead atoms. The van der Waals surface area contributed by atoms with Gasteiger partial charge in [-0.15, -0.1) is 0 Å². The fraction of sp³-hybridized carbons (Fsp3) is 0.278. The summed E-state index contributed by atoms with van der Waals surface area (Å²) < 4.78 is 6.72. The highest BCUT2D eigenvalue weighted by molar-refractivity contribution is 9.10. The van der Waals surface area contributed by atoms with Crippen LogP contribution >= 0.6 is 15.9 Å². The summed E-state index contributed by atoms with van der Waals surface area (Å²) >= 11 is 3.40. The molecule has 0 spiro atoms. The van der Waals surface area contributed by atoms with E-state index < -0.39 is 0 Å². The molecule has 2 rings (SSSR count). The van der Waals surface area contributed by atoms with Crippen LogP contribution in [0.4, 0.5) is 0 Å². The topological polar surface area (TPSA) is 33.0 Å². The van der Waals surface area contributed by atoms with Gasteiger partial charge in [-0.25, -0.2) is 0 Å². The summed E-state index contributed by atoms with van der Waals surface area (Å²) in [5, 5.41) is 9.12. The van der Waals surface area contributed by atoms with Gasteiger partial charge in [-0.2, -0.15) is 5.26 Å². The Morgan fingerprint density at radius 2 is 1.81 bits per heavy atom. The molecule has 2 aromatic carbocycles. The van der Waals surface area contributed by atoms with E-state index in [4.69, 9.17) is 10.00 Å². The number of ether oxygens (including phenoxy) is 1. The predicted molar refractivity (Wildman–Crippen MR) is 88.7 cm³/mol. The molecule has 0 aliphatic carbocycles. The van der Waals surface area contributed by atoms with Gasteiger partial charge in [0.1, 0.15) is 17.6 Å². The van der Waals surface area contributed by atoms with Crippen LogP contribution < -0.4 is 4.74 Å². The van der Waals surface area contributed by atoms with E-state index in [1.165, 1.54) is 5.56 Å². The summed E-state index contributed by atoms with van der Waals surface area (Å²) in [6.07, 6.45) is 1.08. The molecule has 0 N–H and O–H groups in total. The number of halogens is 1. The zero-order valence-corrected chi connectivity index (χ0v) is 14.1. The predicted octanol–water partition coefficient (Wildman–Crippen LogP) is 5.80. The van der Waals surface area contributed by atoms with Crippen molar-refractivity contribution in [3.63, 3.8) is 0 Å². The molecule has 2 nitrogen and oxygen atoms in total. The third-order valence-electron chi connectivity index (χ3n) is 3.81. The van der Waals surface area contributed by atoms with E-state index in [9.17, 15) is 0 Å². The minimum Gasteiger partial charge on any atom is -0.456 e. The maximum absolute atomic E-state index is 9.12. The number of nitrogens with zero attached hydrogens (tertiary/aromatic N) is 1. The Balaban J connectivity index is 2.26. The summed E-state index contributed by atoms with van der Waals surface area (Å²) in [5.74, 6) is 1.30. The zero-order chi connectivity index (χ0) is 15.5. The van der Waals surface area contributed by atoms with Gasteiger partial charge in [0.15, 0.2) is 0 Å². The molecule has 108 valence electrons. The number of benzene rings is 2. The van der Waals surface area contributed by atoms with Crippen LogP contribution in [-0.4, -0.2) is 0 Å². The second kappa shape index (κ2) is 6.32. The second-order valence-corrected chi connectivity index (χ2v) is 6.53. The highest BCUT2D eigenvalue weighted by atomic mass is 79.9. The standard InChI is InChI=1S/C18H18BrNO/c1-4-18(2,3)14-6-9-16(10-7-14)21-17-11-15(19)8-5-13(17)12-20/h5-11H,4H2,1-3H3. The third kappa shape index (κ3) is 3.65. The van der Waals surface area contributed by atoms with E-state index in [0.29, 0.717) is 11.3 Å². The highest BCUT2D eigenvalue weighted by Gasteiger charge is 2.17. The van der Waals surface area contributed by atoms with E-state index in [0.717, 1.165) is 16.6 Å². The second-order valence-electron chi connectivity index (χ2n) is 5.62. The van der Waals surface area contributed by atoms with Crippen molar-refractivity contribution in [2.45, 2.75) is 32.6 Å². The highest BCUT2D eigenvalue weighted by Crippen LogP contribution is 2.31. The van der Waals surface area contributed by atoms with Gasteiger partial charge in [0, 0.05) is 4.47 Å². The van der Waals surface area contributed by atoms with E-state index in [-0.39, 0.29) is 5.41 Å². The number of hydrogen-bond donors (Lipinski definition) is 0. The smallest absolute Gasteiger partial charge is 0.146 e. The molecule has 0 aliphatic heterocycles. The van der Waals surface area contributed by atoms with Gasteiger partial charge in [-0.1, -0.05) is 48.8 Å². The van der Waals surface area contributed by atoms with Crippen LogP contribution in [0, 0.1) is 11.3 Å². The molecule has 0 aliphatic rings. The van der Waals surface area contributed by atoms with Crippen LogP contribution in [0.15, 0.2) is 46.9 Å². The van der Waals surface area contributed by atoms with Gasteiger partial charge in [0.25, 0.3) is 0 Å². The van der Waals surface area contributed by atoms with Crippen molar-refractivity contribution >= 4 is 15.9 Å². The monoisotopic (exact) mass is 343 g/mol. The van der Waals surface area contributed by atoms with Crippen LogP contribution in [0.5, 0.6) is 11.5 Å². The Labute approximate surface area is 134 Å². The van der Waals surface area contributed by atoms with Crippen molar-refractivity contribution in [1.82, 2.24) is 0 Å². The molecule has 0 atom stereocenters. The Kier molecular flexibility index (Phi) is 4.69. The fourth-order valence-electron chi connectivity index (χ4n) is 1.98. The fourth-order valence-corrected chi connectivity index (χ4v) is 2.32. The first-order chi connectivity index (χ1) is 9.96. The van der Waals surface area contributed by atoms with Crippen molar-refractivity contribution in [3.05, 3.63) is 58.1 Å². The molecule has 0 amide bonds. The molecular formula is C18H18BrNO. The first-order valence-electron chi connectivity index (χ1n) is 6.94. The quantitative estimate of drug-likeness (QED) is 0.702. The van der Waals surface area contributed by atoms with Gasteiger partial charge < -0.3 is 4.74 Å². The first-order valence-corrected chi connectivity index (χ1v) is 7.73. The lowest BCUT2D eigenvalue weighted by Crippen LogP contribution is -2.14. The Morgan fingerprint density at radius 1 is 1.14 bits per heavy atom. The molecule has 0 aromatic heterocycles. The molecule has 0 saturated heterocycles. The average molecular weight is 344 g/mol. The van der Waals surface area contributed by atoms with Crippen molar-refractivity contribution in [3.8, 4) is 17.6 Å². The summed E-state index contributed by atoms with van der Waals surface area (Å²) in [4.78, 5) is 0. The average Bonchev–Trinajstić information content (AvgIpc) is 2.48. The van der Waals surface area contributed by atoms with Crippen LogP contribution in [0.1, 0.15) is 38.3 Å². The normalized spacial score (nSPS) is 11.0. The molecule has 0 heterocycles. The van der Waals surface area contributed by atoms with E-state index >= 15 is 0 Å². The van der Waals surface area contributed by atoms with Crippen LogP contribution in [0.2, 0.25) is 0 Å². The Hall–Kier alpha value is -1.79. The third-order valence-corrected chi connectivity index (χ3v) is 4.30. The number of hydrogen-bond acceptors (Lipinski definition) is 2. The maximum atomic E-state index is 9.12. The Bertz CT molecular complexity index is 669. The van der Waals surface area contributed by atoms with Crippen molar-refractivity contribution < 1.29 is 4.74 Å². The molecular weight excluding hydrogens is 326 g/mol. The van der Waals surface area contributed by atoms with Gasteiger partial charge in [0.05, 0.1) is 5.56 Å². The first kappa shape index (κ1) is 15.6. The molecule has 0 radical (unpaired) electrons. The van der Waals surface area contributed by atoms with Crippen molar-refractivity contribution in [2.75, 3.05) is 0 Å². The molecule has 21 heavy (non-hydrogen) atoms. The van der Waals surface area contributed by atoms with Crippen molar-refractivity contribution in [2.24, 2.45) is 0 Å². The molecule has 0 saturated carbocycles. The minimum atomic E-state index is 0.159. The van der Waals surface area contributed by atoms with Crippen LogP contribution in [0.25, 0.3) is 0 Å². The molecule has 3 heteroatoms. The lowest BCUT2D eigenvalue weighted by atomic mass is 9.82. The summed E-state index contributed by atoms with van der Waals surface area (Å²) in [7, 11) is 0. The molecule has 0 fully saturated rings. The van der Waals surface area contributed by atoms with Crippen LogP contribution in [0.3, 0.4) is 0 Å².